The van der Waals surface area contributed by atoms with Gasteiger partial charge in [-0.15, -0.1) is 4.98 Å². The Bertz CT molecular complexity index is 876. The normalized spacial score (nSPS) is 34.4. The molecule has 5 atom stereocenters. The second-order valence-corrected chi connectivity index (χ2v) is 9.02. The molecule has 6 rings (SSSR count). The van der Waals surface area contributed by atoms with Crippen LogP contribution in [0.1, 0.15) is 56.3 Å². The van der Waals surface area contributed by atoms with E-state index in [0.717, 1.165) is 43.3 Å². The molecule has 0 amide bonds. The molecule has 4 N–H and O–H groups in total. The zero-order valence-corrected chi connectivity index (χ0v) is 15.8. The smallest absolute Gasteiger partial charge is 0.343 e. The van der Waals surface area contributed by atoms with Crippen molar-refractivity contribution in [2.45, 2.75) is 63.7 Å². The fourth-order valence-electron chi connectivity index (χ4n) is 5.90. The second kappa shape index (κ2) is 5.92. The van der Waals surface area contributed by atoms with Gasteiger partial charge < -0.3 is 15.2 Å². The Kier molecular flexibility index (Phi) is 3.73. The van der Waals surface area contributed by atoms with Gasteiger partial charge in [-0.05, 0) is 63.7 Å². The maximum Gasteiger partial charge on any atom is 0.343 e. The van der Waals surface area contributed by atoms with Crippen molar-refractivity contribution in [1.82, 2.24) is 9.97 Å². The molecule has 2 aromatic heterocycles. The highest BCUT2D eigenvalue weighted by Gasteiger charge is 2.55. The topological polar surface area (TPSA) is 101 Å². The number of nitrogens with one attached hydrogen (secondary N) is 3. The number of hydrogen-bond acceptors (Lipinski definition) is 5. The molecule has 27 heavy (non-hydrogen) atoms. The van der Waals surface area contributed by atoms with E-state index in [1.54, 1.807) is 12.5 Å². The number of ether oxygens (including phenoxy) is 1. The molecule has 4 aliphatic carbocycles. The minimum atomic E-state index is -0.470. The van der Waals surface area contributed by atoms with Crippen LogP contribution in [0.4, 0.5) is 5.69 Å². The summed E-state index contributed by atoms with van der Waals surface area (Å²) in [5.41, 5.74) is 2.25. The van der Waals surface area contributed by atoms with E-state index in [9.17, 15) is 9.90 Å². The lowest BCUT2D eigenvalue weighted by Gasteiger charge is -2.58. The lowest BCUT2D eigenvalue weighted by Crippen LogP contribution is -2.59. The van der Waals surface area contributed by atoms with Gasteiger partial charge in [-0.1, -0.05) is 0 Å². The SMILES string of the molecule is CC(C)OC(=O)c1cnc2[nH+]c[nH]c2c1NC1[C@@H]2CC3C[C@H]1CC(O)(C3)C2. The van der Waals surface area contributed by atoms with Crippen molar-refractivity contribution in [2.24, 2.45) is 17.8 Å². The summed E-state index contributed by atoms with van der Waals surface area (Å²) in [5.74, 6) is 1.17. The van der Waals surface area contributed by atoms with Crippen molar-refractivity contribution in [3.05, 3.63) is 18.1 Å². The summed E-state index contributed by atoms with van der Waals surface area (Å²) < 4.78 is 5.44. The first kappa shape index (κ1) is 17.0. The highest BCUT2D eigenvalue weighted by molar-refractivity contribution is 6.02. The van der Waals surface area contributed by atoms with Gasteiger partial charge in [0.1, 0.15) is 11.8 Å². The molecule has 4 bridgehead atoms. The van der Waals surface area contributed by atoms with Crippen LogP contribution in [-0.2, 0) is 4.74 Å². The summed E-state index contributed by atoms with van der Waals surface area (Å²) in [6.45, 7) is 3.69. The number of esters is 1. The van der Waals surface area contributed by atoms with Crippen molar-refractivity contribution in [2.75, 3.05) is 5.32 Å². The molecule has 144 valence electrons. The van der Waals surface area contributed by atoms with Gasteiger partial charge in [-0.25, -0.2) is 9.78 Å². The molecule has 0 spiro atoms. The molecule has 4 saturated carbocycles. The molecule has 4 fully saturated rings. The number of carbonyl (C=O) groups is 1. The summed E-state index contributed by atoms with van der Waals surface area (Å²) in [5, 5.41) is 14.5. The molecule has 7 nitrogen and oxygen atoms in total. The third kappa shape index (κ3) is 2.79. The summed E-state index contributed by atoms with van der Waals surface area (Å²) in [4.78, 5) is 23.3. The summed E-state index contributed by atoms with van der Waals surface area (Å²) in [6, 6.07) is 0.265. The fourth-order valence-corrected chi connectivity index (χ4v) is 5.90. The first-order valence-electron chi connectivity index (χ1n) is 9.99. The van der Waals surface area contributed by atoms with Crippen molar-refractivity contribution < 1.29 is 19.6 Å². The second-order valence-electron chi connectivity index (χ2n) is 9.02. The van der Waals surface area contributed by atoms with Crippen molar-refractivity contribution >= 4 is 22.8 Å². The number of carbonyl (C=O) groups excluding carboxylic acids is 1. The van der Waals surface area contributed by atoms with Gasteiger partial charge in [0, 0.05) is 6.04 Å². The highest BCUT2D eigenvalue weighted by Crippen LogP contribution is 2.56. The Morgan fingerprint density at radius 2 is 2.11 bits per heavy atom. The van der Waals surface area contributed by atoms with Crippen LogP contribution in [0.2, 0.25) is 0 Å². The number of aliphatic hydroxyl groups is 1. The van der Waals surface area contributed by atoms with Crippen molar-refractivity contribution in [3.63, 3.8) is 0 Å². The van der Waals surface area contributed by atoms with Crippen LogP contribution >= 0.6 is 0 Å². The largest absolute Gasteiger partial charge is 0.459 e. The van der Waals surface area contributed by atoms with Crippen LogP contribution in [0.5, 0.6) is 0 Å². The molecule has 0 saturated heterocycles. The lowest BCUT2D eigenvalue weighted by atomic mass is 9.52. The van der Waals surface area contributed by atoms with Crippen LogP contribution in [0.15, 0.2) is 12.5 Å². The van der Waals surface area contributed by atoms with Crippen molar-refractivity contribution in [3.8, 4) is 0 Å². The molecule has 0 aliphatic heterocycles. The highest BCUT2D eigenvalue weighted by atomic mass is 16.5. The van der Waals surface area contributed by atoms with Crippen LogP contribution in [0, 0.1) is 17.8 Å². The average molecular weight is 371 g/mol. The van der Waals surface area contributed by atoms with Crippen molar-refractivity contribution in [1.29, 1.82) is 0 Å². The van der Waals surface area contributed by atoms with E-state index in [4.69, 9.17) is 4.74 Å². The van der Waals surface area contributed by atoms with Gasteiger partial charge in [-0.3, -0.25) is 4.98 Å². The van der Waals surface area contributed by atoms with Gasteiger partial charge in [0.15, 0.2) is 11.8 Å². The number of aromatic amines is 2. The number of aromatic nitrogens is 3. The van der Waals surface area contributed by atoms with Gasteiger partial charge in [0.05, 0.1) is 17.4 Å². The number of hydrogen-bond donors (Lipinski definition) is 3. The van der Waals surface area contributed by atoms with Crippen LogP contribution in [0.3, 0.4) is 0 Å². The Labute approximate surface area is 157 Å². The number of anilines is 1. The number of H-pyrrole nitrogens is 2. The predicted octanol–water partition coefficient (Wildman–Crippen LogP) is 2.29. The molecule has 3 unspecified atom stereocenters. The van der Waals surface area contributed by atoms with E-state index >= 15 is 0 Å². The maximum atomic E-state index is 12.7. The monoisotopic (exact) mass is 371 g/mol. The van der Waals surface area contributed by atoms with Gasteiger partial charge >= 0.3 is 11.6 Å². The quantitative estimate of drug-likeness (QED) is 0.716. The van der Waals surface area contributed by atoms with E-state index < -0.39 is 5.60 Å². The number of rotatable bonds is 4. The average Bonchev–Trinajstić information content (AvgIpc) is 3.04. The lowest BCUT2D eigenvalue weighted by molar-refractivity contribution is -0.347. The van der Waals surface area contributed by atoms with E-state index in [0.29, 0.717) is 29.0 Å². The minimum absolute atomic E-state index is 0.188. The van der Waals surface area contributed by atoms with Crippen LogP contribution in [0.25, 0.3) is 11.2 Å². The zero-order chi connectivity index (χ0) is 18.8. The number of fused-ring (bicyclic) bond motifs is 1. The van der Waals surface area contributed by atoms with Crippen LogP contribution in [-0.4, -0.2) is 38.8 Å². The number of imidazole rings is 1. The first-order chi connectivity index (χ1) is 12.9. The number of pyridine rings is 1. The Morgan fingerprint density at radius 3 is 2.78 bits per heavy atom. The van der Waals surface area contributed by atoms with E-state index in [1.807, 2.05) is 13.8 Å². The summed E-state index contributed by atoms with van der Waals surface area (Å²) >= 11 is 0. The molecule has 4 aliphatic rings. The molecular formula is C20H27N4O3+. The standard InChI is InChI=1S/C20H26N4O3/c1-10(2)27-19(25)14-8-21-18-17(22-9-23-18)16(14)24-15-12-3-11-4-13(15)7-20(26,5-11)6-12/h8-13,15,26H,3-7H2,1-2H3,(H2,21,22,23,24)/p+1/t11?,12-,13+,15?,20?. The van der Waals surface area contributed by atoms with E-state index in [1.165, 1.54) is 0 Å². The molecule has 2 aromatic rings. The maximum absolute atomic E-state index is 12.7. The summed E-state index contributed by atoms with van der Waals surface area (Å²) in [6.07, 6.45) is 8.11. The molecule has 2 heterocycles. The summed E-state index contributed by atoms with van der Waals surface area (Å²) in [7, 11) is 0. The third-order valence-corrected chi connectivity index (χ3v) is 6.62. The van der Waals surface area contributed by atoms with Crippen LogP contribution < -0.4 is 10.3 Å². The van der Waals surface area contributed by atoms with E-state index in [-0.39, 0.29) is 18.1 Å². The Hall–Kier alpha value is -2.15. The third-order valence-electron chi connectivity index (χ3n) is 6.62. The first-order valence-corrected chi connectivity index (χ1v) is 9.99. The molecule has 0 aromatic carbocycles. The fraction of sp³-hybridized carbons (Fsp3) is 0.650. The van der Waals surface area contributed by atoms with E-state index in [2.05, 4.69) is 20.3 Å². The Balaban J connectivity index is 1.51. The predicted molar refractivity (Wildman–Crippen MR) is 99.1 cm³/mol. The van der Waals surface area contributed by atoms with Gasteiger partial charge in [0.25, 0.3) is 0 Å². The minimum Gasteiger partial charge on any atom is -0.459 e. The number of nitrogens with zero attached hydrogens (tertiary/aromatic N) is 1. The Morgan fingerprint density at radius 1 is 1.37 bits per heavy atom. The molecule has 7 heteroatoms. The van der Waals surface area contributed by atoms with Gasteiger partial charge in [-0.2, -0.15) is 0 Å². The zero-order valence-electron chi connectivity index (χ0n) is 15.8. The molecular weight excluding hydrogens is 344 g/mol. The molecule has 0 radical (unpaired) electrons. The van der Waals surface area contributed by atoms with Gasteiger partial charge in [0.2, 0.25) is 0 Å².